The van der Waals surface area contributed by atoms with E-state index in [9.17, 15) is 4.79 Å². The fourth-order valence-electron chi connectivity index (χ4n) is 3.50. The van der Waals surface area contributed by atoms with E-state index >= 15 is 0 Å². The van der Waals surface area contributed by atoms with Crippen LogP contribution in [0.3, 0.4) is 0 Å². The van der Waals surface area contributed by atoms with E-state index in [2.05, 4.69) is 15.3 Å². The van der Waals surface area contributed by atoms with Gasteiger partial charge in [-0.15, -0.1) is 0 Å². The van der Waals surface area contributed by atoms with Crippen LogP contribution in [0.15, 0.2) is 23.1 Å². The normalized spacial score (nSPS) is 18.4. The van der Waals surface area contributed by atoms with Gasteiger partial charge in [0.2, 0.25) is 5.95 Å². The molecule has 1 fully saturated rings. The second-order valence-corrected chi connectivity index (χ2v) is 8.96. The first-order chi connectivity index (χ1) is 14.8. The Morgan fingerprint density at radius 3 is 2.45 bits per heavy atom. The van der Waals surface area contributed by atoms with E-state index < -0.39 is 0 Å². The molecule has 1 aromatic carbocycles. The number of hydrogen-bond donors (Lipinski definition) is 2. The molecule has 2 unspecified atom stereocenters. The molecular weight excluding hydrogens is 461 g/mol. The summed E-state index contributed by atoms with van der Waals surface area (Å²) in [5, 5.41) is 4.36. The highest BCUT2D eigenvalue weighted by molar-refractivity contribution is 7.99. The molecule has 11 heteroatoms. The first-order valence-corrected chi connectivity index (χ1v) is 11.3. The highest BCUT2D eigenvalue weighted by atomic mass is 35.5. The number of nitrogens with zero attached hydrogens (tertiary/aromatic N) is 3. The van der Waals surface area contributed by atoms with Gasteiger partial charge in [0.05, 0.1) is 35.9 Å². The van der Waals surface area contributed by atoms with Crippen molar-refractivity contribution in [1.29, 1.82) is 0 Å². The van der Waals surface area contributed by atoms with Gasteiger partial charge in [-0.2, -0.15) is 16.7 Å². The highest BCUT2D eigenvalue weighted by Gasteiger charge is 2.26. The second kappa shape index (κ2) is 8.74. The number of benzene rings is 1. The average molecular weight is 482 g/mol. The van der Waals surface area contributed by atoms with Crippen LogP contribution in [-0.4, -0.2) is 52.3 Å². The summed E-state index contributed by atoms with van der Waals surface area (Å²) in [6, 6.07) is 3.36. The van der Waals surface area contributed by atoms with Crippen molar-refractivity contribution in [2.75, 3.05) is 31.0 Å². The molecule has 0 bridgehead atoms. The van der Waals surface area contributed by atoms with Gasteiger partial charge in [0.15, 0.2) is 0 Å². The Morgan fingerprint density at radius 2 is 1.87 bits per heavy atom. The lowest BCUT2D eigenvalue weighted by Gasteiger charge is -2.17. The minimum absolute atomic E-state index is 0.0304. The summed E-state index contributed by atoms with van der Waals surface area (Å²) >= 11 is 14.8. The lowest BCUT2D eigenvalue weighted by atomic mass is 10.0. The average Bonchev–Trinajstić information content (AvgIpc) is 3.16. The third-order valence-corrected chi connectivity index (χ3v) is 7.20. The molecule has 1 aliphatic rings. The van der Waals surface area contributed by atoms with Gasteiger partial charge >= 0.3 is 0 Å². The Morgan fingerprint density at radius 1 is 1.19 bits per heavy atom. The van der Waals surface area contributed by atoms with Crippen LogP contribution < -0.4 is 26.1 Å². The molecule has 0 aliphatic carbocycles. The van der Waals surface area contributed by atoms with Gasteiger partial charge in [-0.05, 0) is 6.07 Å². The molecule has 3 aromatic rings. The summed E-state index contributed by atoms with van der Waals surface area (Å²) in [6.07, 6.45) is 1.65. The van der Waals surface area contributed by atoms with Crippen molar-refractivity contribution < 1.29 is 9.47 Å². The Hall–Kier alpha value is -2.20. The summed E-state index contributed by atoms with van der Waals surface area (Å²) in [4.78, 5) is 22.2. The lowest BCUT2D eigenvalue weighted by molar-refractivity contribution is 0.395. The van der Waals surface area contributed by atoms with Crippen molar-refractivity contribution in [2.45, 2.75) is 12.1 Å². The van der Waals surface area contributed by atoms with Crippen LogP contribution >= 0.6 is 35.0 Å². The molecule has 2 aromatic heterocycles. The summed E-state index contributed by atoms with van der Waals surface area (Å²) in [5.41, 5.74) is 6.90. The SMILES string of the molecule is COc1cc(OC)c(Cl)c(-c2cc3cnc(NC4CSCC4N)nc3n(C)c2=O)c1Cl. The van der Waals surface area contributed by atoms with Gasteiger partial charge in [0, 0.05) is 47.8 Å². The van der Waals surface area contributed by atoms with Crippen LogP contribution in [0.5, 0.6) is 11.5 Å². The molecule has 0 saturated carbocycles. The Balaban J connectivity index is 1.85. The number of nitrogens with two attached hydrogens (primary N) is 1. The lowest BCUT2D eigenvalue weighted by Crippen LogP contribution is -2.39. The van der Waals surface area contributed by atoms with Crippen molar-refractivity contribution in [3.8, 4) is 22.6 Å². The number of aromatic nitrogens is 3. The van der Waals surface area contributed by atoms with Crippen LogP contribution in [0.4, 0.5) is 5.95 Å². The molecule has 0 spiro atoms. The fraction of sp³-hybridized carbons (Fsp3) is 0.350. The van der Waals surface area contributed by atoms with E-state index in [-0.39, 0.29) is 27.7 Å². The Labute approximate surface area is 193 Å². The molecule has 1 aliphatic heterocycles. The second-order valence-electron chi connectivity index (χ2n) is 7.13. The summed E-state index contributed by atoms with van der Waals surface area (Å²) in [5.74, 6) is 2.90. The van der Waals surface area contributed by atoms with E-state index in [0.29, 0.717) is 39.6 Å². The van der Waals surface area contributed by atoms with Crippen molar-refractivity contribution in [3.05, 3.63) is 38.7 Å². The molecule has 31 heavy (non-hydrogen) atoms. The van der Waals surface area contributed by atoms with Crippen LogP contribution in [0.25, 0.3) is 22.2 Å². The molecule has 3 N–H and O–H groups in total. The molecule has 1 saturated heterocycles. The van der Waals surface area contributed by atoms with Crippen molar-refractivity contribution in [2.24, 2.45) is 12.8 Å². The molecule has 3 heterocycles. The molecule has 0 radical (unpaired) electrons. The zero-order valence-corrected chi connectivity index (χ0v) is 19.4. The van der Waals surface area contributed by atoms with Crippen LogP contribution in [-0.2, 0) is 7.05 Å². The number of methoxy groups -OCH3 is 2. The van der Waals surface area contributed by atoms with E-state index in [0.717, 1.165) is 11.5 Å². The van der Waals surface area contributed by atoms with Crippen LogP contribution in [0.2, 0.25) is 10.0 Å². The van der Waals surface area contributed by atoms with Crippen molar-refractivity contribution in [3.63, 3.8) is 0 Å². The smallest absolute Gasteiger partial charge is 0.259 e. The van der Waals surface area contributed by atoms with E-state index in [1.807, 2.05) is 0 Å². The summed E-state index contributed by atoms with van der Waals surface area (Å²) < 4.78 is 12.1. The largest absolute Gasteiger partial charge is 0.495 e. The van der Waals surface area contributed by atoms with Crippen LogP contribution in [0, 0.1) is 0 Å². The Bertz CT molecular complexity index is 1190. The highest BCUT2D eigenvalue weighted by Crippen LogP contribution is 2.45. The molecule has 4 rings (SSSR count). The van der Waals surface area contributed by atoms with Gasteiger partial charge in [0.25, 0.3) is 5.56 Å². The number of pyridine rings is 1. The van der Waals surface area contributed by atoms with E-state index in [1.54, 1.807) is 37.1 Å². The van der Waals surface area contributed by atoms with Gasteiger partial charge in [-0.25, -0.2) is 4.98 Å². The maximum absolute atomic E-state index is 13.3. The number of halogens is 2. The van der Waals surface area contributed by atoms with Gasteiger partial charge in [-0.1, -0.05) is 23.2 Å². The minimum atomic E-state index is -0.315. The van der Waals surface area contributed by atoms with Gasteiger partial charge in [0.1, 0.15) is 17.1 Å². The minimum Gasteiger partial charge on any atom is -0.495 e. The molecule has 164 valence electrons. The zero-order valence-electron chi connectivity index (χ0n) is 17.1. The first kappa shape index (κ1) is 22.0. The van der Waals surface area contributed by atoms with Gasteiger partial charge in [-0.3, -0.25) is 9.36 Å². The molecule has 2 atom stereocenters. The monoisotopic (exact) mass is 481 g/mol. The van der Waals surface area contributed by atoms with Crippen molar-refractivity contribution in [1.82, 2.24) is 14.5 Å². The third kappa shape index (κ3) is 3.91. The number of nitrogens with one attached hydrogen (secondary N) is 1. The van der Waals surface area contributed by atoms with E-state index in [1.165, 1.54) is 18.8 Å². The molecule has 0 amide bonds. The fourth-order valence-corrected chi connectivity index (χ4v) is 5.43. The quantitative estimate of drug-likeness (QED) is 0.572. The Kier molecular flexibility index (Phi) is 6.20. The summed E-state index contributed by atoms with van der Waals surface area (Å²) in [6.45, 7) is 0. The maximum Gasteiger partial charge on any atom is 0.259 e. The third-order valence-electron chi connectivity index (χ3n) is 5.23. The summed E-state index contributed by atoms with van der Waals surface area (Å²) in [7, 11) is 4.60. The van der Waals surface area contributed by atoms with Crippen molar-refractivity contribution >= 4 is 51.9 Å². The molecule has 8 nitrogen and oxygen atoms in total. The number of thioether (sulfide) groups is 1. The standard InChI is InChI=1S/C20H21Cl2N5O3S/c1-27-18-9(6-24-20(26-18)25-12-8-31-7-11(12)23)4-10(19(27)28)15-16(21)13(29-2)5-14(30-3)17(15)22/h4-6,11-12H,7-8,23H2,1-3H3,(H,24,25,26). The number of hydrogen-bond acceptors (Lipinski definition) is 8. The predicted molar refractivity (Wildman–Crippen MR) is 126 cm³/mol. The zero-order chi connectivity index (χ0) is 22.3. The first-order valence-electron chi connectivity index (χ1n) is 9.42. The topological polar surface area (TPSA) is 104 Å². The van der Waals surface area contributed by atoms with E-state index in [4.69, 9.17) is 38.4 Å². The number of aryl methyl sites for hydroxylation is 1. The molecular formula is C20H21Cl2N5O3S. The maximum atomic E-state index is 13.3. The number of ether oxygens (including phenoxy) is 2. The number of anilines is 1. The number of fused-ring (bicyclic) bond motifs is 1. The van der Waals surface area contributed by atoms with Gasteiger partial charge < -0.3 is 20.5 Å². The predicted octanol–water partition coefficient (Wildman–Crippen LogP) is 3.17. The number of rotatable bonds is 5. The van der Waals surface area contributed by atoms with Crippen LogP contribution in [0.1, 0.15) is 0 Å².